The van der Waals surface area contributed by atoms with E-state index in [1.54, 1.807) is 0 Å². The summed E-state index contributed by atoms with van der Waals surface area (Å²) in [6, 6.07) is 12.5. The zero-order chi connectivity index (χ0) is 14.7. The fourth-order valence-electron chi connectivity index (χ4n) is 2.74. The second-order valence-electron chi connectivity index (χ2n) is 5.50. The quantitative estimate of drug-likeness (QED) is 0.911. The summed E-state index contributed by atoms with van der Waals surface area (Å²) in [6.07, 6.45) is 3.01. The summed E-state index contributed by atoms with van der Waals surface area (Å²) in [5, 5.41) is 3.42. The zero-order valence-corrected chi connectivity index (χ0v) is 13.6. The van der Waals surface area contributed by atoms with Gasteiger partial charge in [0.1, 0.15) is 6.10 Å². The molecule has 1 fully saturated rings. The summed E-state index contributed by atoms with van der Waals surface area (Å²) in [7, 11) is 0. The van der Waals surface area contributed by atoms with E-state index in [2.05, 4.69) is 50.5 Å². The Morgan fingerprint density at radius 2 is 2.14 bits per heavy atom. The standard InChI is InChI=1S/C17H19BrN2O/c1-12-9-15(18)17(20-10-12)21-16(14-7-8-19-11-14)13-5-3-2-4-6-13/h2-6,9-10,14,16,19H,7-8,11H2,1H3. The van der Waals surface area contributed by atoms with Gasteiger partial charge in [0.25, 0.3) is 0 Å². The molecule has 0 amide bonds. The van der Waals surface area contributed by atoms with E-state index in [0.717, 1.165) is 29.5 Å². The molecular formula is C17H19BrN2O. The average molecular weight is 347 g/mol. The Kier molecular flexibility index (Phi) is 4.56. The summed E-state index contributed by atoms with van der Waals surface area (Å²) in [4.78, 5) is 4.43. The van der Waals surface area contributed by atoms with Gasteiger partial charge in [-0.3, -0.25) is 0 Å². The Bertz CT molecular complexity index is 597. The first kappa shape index (κ1) is 14.5. The van der Waals surface area contributed by atoms with Crippen molar-refractivity contribution >= 4 is 15.9 Å². The van der Waals surface area contributed by atoms with Gasteiger partial charge in [0.15, 0.2) is 0 Å². The largest absolute Gasteiger partial charge is 0.468 e. The highest BCUT2D eigenvalue weighted by Crippen LogP contribution is 2.34. The molecule has 1 N–H and O–H groups in total. The van der Waals surface area contributed by atoms with E-state index in [9.17, 15) is 0 Å². The van der Waals surface area contributed by atoms with Crippen LogP contribution in [0.5, 0.6) is 5.88 Å². The maximum absolute atomic E-state index is 6.27. The van der Waals surface area contributed by atoms with Crippen molar-refractivity contribution in [2.45, 2.75) is 19.4 Å². The van der Waals surface area contributed by atoms with E-state index in [-0.39, 0.29) is 6.10 Å². The number of ether oxygens (including phenoxy) is 1. The minimum Gasteiger partial charge on any atom is -0.468 e. The molecule has 0 aliphatic carbocycles. The van der Waals surface area contributed by atoms with Crippen molar-refractivity contribution in [3.8, 4) is 5.88 Å². The predicted octanol–water partition coefficient (Wildman–Crippen LogP) is 3.88. The first-order chi connectivity index (χ1) is 10.2. The third-order valence-corrected chi connectivity index (χ3v) is 4.41. The number of aryl methyl sites for hydroxylation is 1. The first-order valence-electron chi connectivity index (χ1n) is 7.28. The van der Waals surface area contributed by atoms with Crippen LogP contribution in [0.15, 0.2) is 47.1 Å². The van der Waals surface area contributed by atoms with E-state index in [1.807, 2.05) is 25.3 Å². The molecular weight excluding hydrogens is 328 g/mol. The van der Waals surface area contributed by atoms with Crippen molar-refractivity contribution < 1.29 is 4.74 Å². The summed E-state index contributed by atoms with van der Waals surface area (Å²) in [5.41, 5.74) is 2.33. The number of aromatic nitrogens is 1. The fourth-order valence-corrected chi connectivity index (χ4v) is 3.30. The lowest BCUT2D eigenvalue weighted by molar-refractivity contribution is 0.137. The highest BCUT2D eigenvalue weighted by molar-refractivity contribution is 9.10. The lowest BCUT2D eigenvalue weighted by atomic mass is 9.95. The minimum atomic E-state index is 0.0349. The molecule has 2 heterocycles. The van der Waals surface area contributed by atoms with E-state index >= 15 is 0 Å². The number of pyridine rings is 1. The molecule has 2 atom stereocenters. The zero-order valence-electron chi connectivity index (χ0n) is 12.1. The van der Waals surface area contributed by atoms with Crippen molar-refractivity contribution in [3.63, 3.8) is 0 Å². The number of hydrogen-bond acceptors (Lipinski definition) is 3. The molecule has 1 aliphatic rings. The van der Waals surface area contributed by atoms with Crippen LogP contribution in [0.1, 0.15) is 23.7 Å². The smallest absolute Gasteiger partial charge is 0.228 e. The van der Waals surface area contributed by atoms with Crippen LogP contribution in [-0.2, 0) is 0 Å². The maximum Gasteiger partial charge on any atom is 0.228 e. The van der Waals surface area contributed by atoms with E-state index < -0.39 is 0 Å². The predicted molar refractivity (Wildman–Crippen MR) is 87.5 cm³/mol. The number of nitrogens with one attached hydrogen (secondary N) is 1. The lowest BCUT2D eigenvalue weighted by Crippen LogP contribution is -2.21. The van der Waals surface area contributed by atoms with Gasteiger partial charge < -0.3 is 10.1 Å². The van der Waals surface area contributed by atoms with Crippen molar-refractivity contribution in [1.29, 1.82) is 0 Å². The molecule has 2 unspecified atom stereocenters. The molecule has 3 nitrogen and oxygen atoms in total. The molecule has 2 aromatic rings. The maximum atomic E-state index is 6.27. The van der Waals surface area contributed by atoms with Crippen LogP contribution in [-0.4, -0.2) is 18.1 Å². The Morgan fingerprint density at radius 3 is 2.81 bits per heavy atom. The lowest BCUT2D eigenvalue weighted by Gasteiger charge is -2.24. The number of halogens is 1. The molecule has 4 heteroatoms. The van der Waals surface area contributed by atoms with Crippen LogP contribution in [0.25, 0.3) is 0 Å². The number of rotatable bonds is 4. The normalized spacial score (nSPS) is 19.4. The topological polar surface area (TPSA) is 34.1 Å². The Morgan fingerprint density at radius 1 is 1.33 bits per heavy atom. The molecule has 0 bridgehead atoms. The molecule has 0 spiro atoms. The first-order valence-corrected chi connectivity index (χ1v) is 8.08. The molecule has 3 rings (SSSR count). The number of benzene rings is 1. The van der Waals surface area contributed by atoms with Gasteiger partial charge in [0.05, 0.1) is 4.47 Å². The molecule has 1 aromatic carbocycles. The van der Waals surface area contributed by atoms with Gasteiger partial charge in [-0.05, 0) is 53.0 Å². The van der Waals surface area contributed by atoms with Crippen molar-refractivity contribution in [2.24, 2.45) is 5.92 Å². The van der Waals surface area contributed by atoms with Gasteiger partial charge in [-0.2, -0.15) is 0 Å². The van der Waals surface area contributed by atoms with Gasteiger partial charge >= 0.3 is 0 Å². The van der Waals surface area contributed by atoms with E-state index in [1.165, 1.54) is 5.56 Å². The van der Waals surface area contributed by atoms with Crippen LogP contribution >= 0.6 is 15.9 Å². The average Bonchev–Trinajstić information content (AvgIpc) is 3.01. The highest BCUT2D eigenvalue weighted by atomic mass is 79.9. The van der Waals surface area contributed by atoms with Gasteiger partial charge in [0.2, 0.25) is 5.88 Å². The van der Waals surface area contributed by atoms with Crippen molar-refractivity contribution in [3.05, 3.63) is 58.2 Å². The molecule has 0 saturated carbocycles. The van der Waals surface area contributed by atoms with Gasteiger partial charge in [0, 0.05) is 18.7 Å². The minimum absolute atomic E-state index is 0.0349. The van der Waals surface area contributed by atoms with Crippen LogP contribution in [0.4, 0.5) is 0 Å². The molecule has 21 heavy (non-hydrogen) atoms. The van der Waals surface area contributed by atoms with Crippen LogP contribution < -0.4 is 10.1 Å². The molecule has 110 valence electrons. The van der Waals surface area contributed by atoms with Crippen LogP contribution in [0.2, 0.25) is 0 Å². The van der Waals surface area contributed by atoms with Crippen molar-refractivity contribution in [1.82, 2.24) is 10.3 Å². The van der Waals surface area contributed by atoms with E-state index in [4.69, 9.17) is 4.74 Å². The summed E-state index contributed by atoms with van der Waals surface area (Å²) >= 11 is 3.55. The SMILES string of the molecule is Cc1cnc(OC(c2ccccc2)C2CCNC2)c(Br)c1. The molecule has 0 radical (unpaired) electrons. The van der Waals surface area contributed by atoms with Crippen LogP contribution in [0.3, 0.4) is 0 Å². The third-order valence-electron chi connectivity index (χ3n) is 3.84. The fraction of sp³-hybridized carbons (Fsp3) is 0.353. The Balaban J connectivity index is 1.88. The van der Waals surface area contributed by atoms with Gasteiger partial charge in [-0.1, -0.05) is 30.3 Å². The number of hydrogen-bond donors (Lipinski definition) is 1. The second kappa shape index (κ2) is 6.58. The van der Waals surface area contributed by atoms with Crippen LogP contribution in [0, 0.1) is 12.8 Å². The Labute approximate surface area is 133 Å². The summed E-state index contributed by atoms with van der Waals surface area (Å²) < 4.78 is 7.18. The third kappa shape index (κ3) is 3.44. The van der Waals surface area contributed by atoms with E-state index in [0.29, 0.717) is 11.8 Å². The molecule has 1 aromatic heterocycles. The van der Waals surface area contributed by atoms with Gasteiger partial charge in [-0.25, -0.2) is 4.98 Å². The monoisotopic (exact) mass is 346 g/mol. The summed E-state index contributed by atoms with van der Waals surface area (Å²) in [5.74, 6) is 1.14. The summed E-state index contributed by atoms with van der Waals surface area (Å²) in [6.45, 7) is 4.07. The molecule has 1 aliphatic heterocycles. The van der Waals surface area contributed by atoms with Crippen molar-refractivity contribution in [2.75, 3.05) is 13.1 Å². The Hall–Kier alpha value is -1.39. The highest BCUT2D eigenvalue weighted by Gasteiger charge is 2.28. The second-order valence-corrected chi connectivity index (χ2v) is 6.36. The molecule has 1 saturated heterocycles. The number of nitrogens with zero attached hydrogens (tertiary/aromatic N) is 1. The van der Waals surface area contributed by atoms with Gasteiger partial charge in [-0.15, -0.1) is 0 Å².